The number of nitrogen functional groups attached to an aromatic ring is 1. The molecular weight excluding hydrogens is 160 g/mol. The summed E-state index contributed by atoms with van der Waals surface area (Å²) in [5.74, 6) is 0.564. The van der Waals surface area contributed by atoms with Gasteiger partial charge >= 0.3 is 0 Å². The molecule has 2 aromatic rings. The lowest BCUT2D eigenvalue weighted by Gasteiger charge is -1.94. The molecule has 0 unspecified atom stereocenters. The van der Waals surface area contributed by atoms with E-state index in [0.29, 0.717) is 5.82 Å². The normalized spacial score (nSPS) is 10.4. The molecule has 0 saturated heterocycles. The first-order valence-electron chi connectivity index (χ1n) is 3.25. The van der Waals surface area contributed by atoms with Gasteiger partial charge in [-0.3, -0.25) is 0 Å². The molecule has 0 fully saturated rings. The van der Waals surface area contributed by atoms with Crippen LogP contribution in [0.3, 0.4) is 0 Å². The van der Waals surface area contributed by atoms with Gasteiger partial charge in [-0.1, -0.05) is 5.21 Å². The molecule has 7 nitrogen and oxygen atoms in total. The quantitative estimate of drug-likeness (QED) is 0.615. The summed E-state index contributed by atoms with van der Waals surface area (Å²) in [4.78, 5) is 0. The predicted molar refractivity (Wildman–Crippen MR) is 38.4 cm³/mol. The molecule has 2 heterocycles. The summed E-state index contributed by atoms with van der Waals surface area (Å²) in [5, 5.41) is 14.4. The maximum atomic E-state index is 5.44. The van der Waals surface area contributed by atoms with Crippen molar-refractivity contribution >= 4 is 5.82 Å². The number of hydrogen-bond acceptors (Lipinski definition) is 6. The minimum absolute atomic E-state index is 0.198. The second-order valence-electron chi connectivity index (χ2n) is 2.26. The Morgan fingerprint density at radius 2 is 2.33 bits per heavy atom. The Kier molecular flexibility index (Phi) is 1.29. The molecule has 0 aliphatic rings. The Morgan fingerprint density at radius 1 is 1.50 bits per heavy atom. The van der Waals surface area contributed by atoms with Gasteiger partial charge in [0.1, 0.15) is 0 Å². The minimum atomic E-state index is 0.198. The van der Waals surface area contributed by atoms with Crippen LogP contribution in [0.25, 0.3) is 5.82 Å². The van der Waals surface area contributed by atoms with E-state index in [1.54, 1.807) is 6.20 Å². The molecule has 2 N–H and O–H groups in total. The van der Waals surface area contributed by atoms with E-state index >= 15 is 0 Å². The number of rotatable bonds is 1. The number of aromatic nitrogens is 5. The third kappa shape index (κ3) is 0.831. The third-order valence-electron chi connectivity index (χ3n) is 1.42. The molecule has 7 heteroatoms. The second kappa shape index (κ2) is 2.29. The van der Waals surface area contributed by atoms with Crippen LogP contribution in [-0.2, 0) is 0 Å². The highest BCUT2D eigenvalue weighted by Gasteiger charge is 2.10. The molecule has 0 amide bonds. The van der Waals surface area contributed by atoms with Gasteiger partial charge in [0, 0.05) is 0 Å². The fraction of sp³-hybridized carbons (Fsp3) is 0.200. The summed E-state index contributed by atoms with van der Waals surface area (Å²) >= 11 is 0. The Hall–Kier alpha value is -1.92. The van der Waals surface area contributed by atoms with Crippen molar-refractivity contribution in [3.63, 3.8) is 0 Å². The van der Waals surface area contributed by atoms with Crippen LogP contribution >= 0.6 is 0 Å². The molecule has 0 aliphatic carbocycles. The van der Waals surface area contributed by atoms with Crippen LogP contribution in [0.4, 0.5) is 5.82 Å². The summed E-state index contributed by atoms with van der Waals surface area (Å²) in [6.45, 7) is 1.83. The molecule has 0 radical (unpaired) electrons. The number of aryl methyl sites for hydroxylation is 1. The molecule has 2 aromatic heterocycles. The van der Waals surface area contributed by atoms with Gasteiger partial charge in [0.2, 0.25) is 11.6 Å². The van der Waals surface area contributed by atoms with Crippen LogP contribution in [0.1, 0.15) is 5.69 Å². The van der Waals surface area contributed by atoms with Gasteiger partial charge in [-0.25, -0.2) is 4.63 Å². The van der Waals surface area contributed by atoms with E-state index in [1.807, 2.05) is 6.92 Å². The monoisotopic (exact) mass is 166 g/mol. The summed E-state index contributed by atoms with van der Waals surface area (Å²) in [5.41, 5.74) is 6.26. The van der Waals surface area contributed by atoms with Crippen molar-refractivity contribution in [3.8, 4) is 5.82 Å². The first-order chi connectivity index (χ1) is 5.79. The molecular formula is C5H6N6O. The van der Waals surface area contributed by atoms with Crippen LogP contribution in [-0.4, -0.2) is 25.3 Å². The molecule has 12 heavy (non-hydrogen) atoms. The molecule has 62 valence electrons. The van der Waals surface area contributed by atoms with E-state index < -0.39 is 0 Å². The van der Waals surface area contributed by atoms with E-state index in [9.17, 15) is 0 Å². The van der Waals surface area contributed by atoms with Gasteiger partial charge < -0.3 is 5.73 Å². The number of nitrogens with zero attached hydrogens (tertiary/aromatic N) is 5. The Balaban J connectivity index is 2.57. The Morgan fingerprint density at radius 3 is 2.83 bits per heavy atom. The standard InChI is InChI=1S/C5H6N6O/c1-3-2-7-10-11(3)5-4(6)8-12-9-5/h2H,1H3,(H2,6,8). The van der Waals surface area contributed by atoms with Gasteiger partial charge in [-0.05, 0) is 17.2 Å². The maximum absolute atomic E-state index is 5.44. The lowest BCUT2D eigenvalue weighted by atomic mass is 10.5. The van der Waals surface area contributed by atoms with E-state index in [4.69, 9.17) is 5.73 Å². The topological polar surface area (TPSA) is 95.6 Å². The maximum Gasteiger partial charge on any atom is 0.243 e. The van der Waals surface area contributed by atoms with Gasteiger partial charge in [0.15, 0.2) is 0 Å². The molecule has 2 rings (SSSR count). The molecule has 0 bridgehead atoms. The average molecular weight is 166 g/mol. The summed E-state index contributed by atoms with van der Waals surface area (Å²) in [6, 6.07) is 0. The van der Waals surface area contributed by atoms with E-state index in [0.717, 1.165) is 5.69 Å². The molecule has 0 saturated carbocycles. The van der Waals surface area contributed by atoms with Crippen LogP contribution < -0.4 is 5.73 Å². The number of anilines is 1. The number of nitrogens with two attached hydrogens (primary N) is 1. The summed E-state index contributed by atoms with van der Waals surface area (Å²) in [7, 11) is 0. The van der Waals surface area contributed by atoms with Crippen molar-refractivity contribution in [3.05, 3.63) is 11.9 Å². The van der Waals surface area contributed by atoms with Gasteiger partial charge in [0.05, 0.1) is 11.9 Å². The molecule has 0 atom stereocenters. The van der Waals surface area contributed by atoms with Crippen LogP contribution in [0.5, 0.6) is 0 Å². The first-order valence-corrected chi connectivity index (χ1v) is 3.25. The largest absolute Gasteiger partial charge is 0.378 e. The van der Waals surface area contributed by atoms with Crippen LogP contribution in [0.15, 0.2) is 10.8 Å². The minimum Gasteiger partial charge on any atom is -0.378 e. The Labute approximate surface area is 67.1 Å². The van der Waals surface area contributed by atoms with Crippen molar-refractivity contribution < 1.29 is 4.63 Å². The molecule has 0 aromatic carbocycles. The van der Waals surface area contributed by atoms with E-state index in [2.05, 4.69) is 25.3 Å². The lowest BCUT2D eigenvalue weighted by molar-refractivity contribution is 0.306. The molecule has 0 aliphatic heterocycles. The van der Waals surface area contributed by atoms with Crippen molar-refractivity contribution in [1.29, 1.82) is 0 Å². The predicted octanol–water partition coefficient (Wildman–Crippen LogP) is -0.459. The third-order valence-corrected chi connectivity index (χ3v) is 1.42. The van der Waals surface area contributed by atoms with Crippen LogP contribution in [0.2, 0.25) is 0 Å². The zero-order valence-corrected chi connectivity index (χ0v) is 6.30. The van der Waals surface area contributed by atoms with E-state index in [1.165, 1.54) is 4.68 Å². The summed E-state index contributed by atoms with van der Waals surface area (Å²) in [6.07, 6.45) is 1.59. The van der Waals surface area contributed by atoms with Gasteiger partial charge in [-0.2, -0.15) is 4.68 Å². The van der Waals surface area contributed by atoms with Crippen molar-refractivity contribution in [2.45, 2.75) is 6.92 Å². The van der Waals surface area contributed by atoms with Crippen molar-refractivity contribution in [2.24, 2.45) is 0 Å². The smallest absolute Gasteiger partial charge is 0.243 e. The fourth-order valence-corrected chi connectivity index (χ4v) is 0.833. The van der Waals surface area contributed by atoms with E-state index in [-0.39, 0.29) is 5.82 Å². The highest BCUT2D eigenvalue weighted by molar-refractivity contribution is 5.43. The zero-order valence-electron chi connectivity index (χ0n) is 6.30. The fourth-order valence-electron chi connectivity index (χ4n) is 0.833. The lowest BCUT2D eigenvalue weighted by Crippen LogP contribution is -2.02. The zero-order chi connectivity index (χ0) is 8.55. The first kappa shape index (κ1) is 6.77. The van der Waals surface area contributed by atoms with Gasteiger partial charge in [0.25, 0.3) is 0 Å². The summed E-state index contributed by atoms with van der Waals surface area (Å²) < 4.78 is 5.86. The van der Waals surface area contributed by atoms with Gasteiger partial charge in [-0.15, -0.1) is 5.10 Å². The second-order valence-corrected chi connectivity index (χ2v) is 2.26. The van der Waals surface area contributed by atoms with Crippen LogP contribution in [0, 0.1) is 6.92 Å². The Bertz CT molecular complexity index is 352. The van der Waals surface area contributed by atoms with Crippen molar-refractivity contribution in [1.82, 2.24) is 25.3 Å². The number of hydrogen-bond donors (Lipinski definition) is 1. The highest BCUT2D eigenvalue weighted by Crippen LogP contribution is 2.10. The average Bonchev–Trinajstić information content (AvgIpc) is 2.59. The highest BCUT2D eigenvalue weighted by atomic mass is 16.6. The van der Waals surface area contributed by atoms with Crippen molar-refractivity contribution in [2.75, 3.05) is 5.73 Å². The molecule has 0 spiro atoms. The SMILES string of the molecule is Cc1cnnn1-c1nonc1N.